The third-order valence-electron chi connectivity index (χ3n) is 5.63. The van der Waals surface area contributed by atoms with E-state index in [0.717, 1.165) is 68.1 Å². The van der Waals surface area contributed by atoms with Crippen LogP contribution < -0.4 is 0 Å². The average Bonchev–Trinajstić information content (AvgIpc) is 3.31. The predicted octanol–water partition coefficient (Wildman–Crippen LogP) is 7.27. The Morgan fingerprint density at radius 3 is 2.62 bits per heavy atom. The molecule has 0 bridgehead atoms. The summed E-state index contributed by atoms with van der Waals surface area (Å²) in [5.41, 5.74) is 4.40. The fraction of sp³-hybridized carbons (Fsp3) is 0.120. The summed E-state index contributed by atoms with van der Waals surface area (Å²) in [6.45, 7) is 4.74. The van der Waals surface area contributed by atoms with E-state index in [2.05, 4.69) is 28.3 Å². The van der Waals surface area contributed by atoms with Crippen LogP contribution in [0.5, 0.6) is 5.75 Å². The molecule has 0 atom stereocenters. The number of nitrogens with one attached hydrogen (secondary N) is 1. The van der Waals surface area contributed by atoms with Gasteiger partial charge in [0.15, 0.2) is 0 Å². The van der Waals surface area contributed by atoms with Crippen LogP contribution in [0.1, 0.15) is 12.8 Å². The lowest BCUT2D eigenvalue weighted by Crippen LogP contribution is -1.97. The number of phenolic OH excluding ortho intramolecular Hbond substituents is 1. The first-order valence-electron chi connectivity index (χ1n) is 9.79. The Bertz CT molecular complexity index is 1380. The van der Waals surface area contributed by atoms with Crippen molar-refractivity contribution in [2.24, 2.45) is 0 Å². The van der Waals surface area contributed by atoms with Gasteiger partial charge in [0.2, 0.25) is 0 Å². The highest BCUT2D eigenvalue weighted by Crippen LogP contribution is 2.42. The summed E-state index contributed by atoms with van der Waals surface area (Å²) >= 11 is 6.56. The molecule has 0 aliphatic carbocycles. The Morgan fingerprint density at radius 2 is 1.79 bits per heavy atom. The summed E-state index contributed by atoms with van der Waals surface area (Å²) in [6.07, 6.45) is 7.99. The number of benzene rings is 3. The minimum Gasteiger partial charge on any atom is -0.508 e. The number of aromatic nitrogens is 2. The first-order chi connectivity index (χ1) is 14.2. The maximum Gasteiger partial charge on any atom is 0.116 e. The molecule has 0 amide bonds. The van der Waals surface area contributed by atoms with Crippen LogP contribution in [0, 0.1) is 0 Å². The number of rotatable bonds is 5. The number of fused-ring (bicyclic) bond motifs is 5. The van der Waals surface area contributed by atoms with Crippen LogP contribution in [-0.4, -0.2) is 14.7 Å². The SMILES string of the molecule is C=CCCCn1c2ccc(O)cc2c2c3c[nH]cc3c(-c3ccccc3Cl)cc21. The number of nitrogens with zero attached hydrogens (tertiary/aromatic N) is 1. The quantitative estimate of drug-likeness (QED) is 0.236. The molecule has 2 N–H and O–H groups in total. The lowest BCUT2D eigenvalue weighted by Gasteiger charge is -2.11. The van der Waals surface area contributed by atoms with Crippen molar-refractivity contribution in [3.8, 4) is 16.9 Å². The van der Waals surface area contributed by atoms with Gasteiger partial charge in [-0.3, -0.25) is 0 Å². The zero-order chi connectivity index (χ0) is 20.0. The van der Waals surface area contributed by atoms with Gasteiger partial charge < -0.3 is 14.7 Å². The van der Waals surface area contributed by atoms with Crippen LogP contribution >= 0.6 is 11.6 Å². The lowest BCUT2D eigenvalue weighted by atomic mass is 9.97. The Morgan fingerprint density at radius 1 is 0.966 bits per heavy atom. The topological polar surface area (TPSA) is 41.0 Å². The Labute approximate surface area is 173 Å². The van der Waals surface area contributed by atoms with Gasteiger partial charge in [-0.1, -0.05) is 35.9 Å². The van der Waals surface area contributed by atoms with Crippen molar-refractivity contribution in [3.05, 3.63) is 78.6 Å². The van der Waals surface area contributed by atoms with E-state index in [0.29, 0.717) is 0 Å². The molecule has 144 valence electrons. The van der Waals surface area contributed by atoms with E-state index in [1.807, 2.05) is 48.8 Å². The smallest absolute Gasteiger partial charge is 0.116 e. The van der Waals surface area contributed by atoms with E-state index < -0.39 is 0 Å². The van der Waals surface area contributed by atoms with Crippen molar-refractivity contribution in [1.29, 1.82) is 0 Å². The molecule has 0 saturated heterocycles. The Kier molecular flexibility index (Phi) is 4.33. The standard InChI is InChI=1S/C25H21ClN2O/c1-2-3-6-11-28-23-10-9-16(29)12-19(23)25-21-15-27-14-20(21)18(13-24(25)28)17-7-4-5-8-22(17)26/h2,4-5,7-10,12-15,27,29H,1,3,6,11H2. The molecule has 3 aromatic carbocycles. The monoisotopic (exact) mass is 400 g/mol. The molecular formula is C25H21ClN2O. The summed E-state index contributed by atoms with van der Waals surface area (Å²) in [4.78, 5) is 3.27. The second-order valence-corrected chi connectivity index (χ2v) is 7.77. The number of halogens is 1. The molecule has 2 aromatic heterocycles. The molecule has 2 heterocycles. The van der Waals surface area contributed by atoms with Crippen LogP contribution in [0.25, 0.3) is 43.7 Å². The van der Waals surface area contributed by atoms with Crippen molar-refractivity contribution in [1.82, 2.24) is 9.55 Å². The van der Waals surface area contributed by atoms with Gasteiger partial charge in [0.05, 0.1) is 5.52 Å². The Hall–Kier alpha value is -3.17. The highest BCUT2D eigenvalue weighted by Gasteiger charge is 2.18. The van der Waals surface area contributed by atoms with E-state index in [1.165, 1.54) is 0 Å². The van der Waals surface area contributed by atoms with Gasteiger partial charge in [-0.25, -0.2) is 0 Å². The number of aromatic hydroxyl groups is 1. The van der Waals surface area contributed by atoms with E-state index in [1.54, 1.807) is 6.07 Å². The molecule has 5 aromatic rings. The number of H-pyrrole nitrogens is 1. The summed E-state index contributed by atoms with van der Waals surface area (Å²) in [6, 6.07) is 15.8. The normalized spacial score (nSPS) is 11.6. The molecule has 0 spiro atoms. The first kappa shape index (κ1) is 17.9. The third-order valence-corrected chi connectivity index (χ3v) is 5.96. The molecule has 5 rings (SSSR count). The molecular weight excluding hydrogens is 380 g/mol. The van der Waals surface area contributed by atoms with E-state index in [-0.39, 0.29) is 5.75 Å². The van der Waals surface area contributed by atoms with Gasteiger partial charge in [-0.15, -0.1) is 6.58 Å². The molecule has 29 heavy (non-hydrogen) atoms. The van der Waals surface area contributed by atoms with Crippen LogP contribution in [-0.2, 0) is 6.54 Å². The molecule has 0 aliphatic rings. The largest absolute Gasteiger partial charge is 0.508 e. The van der Waals surface area contributed by atoms with Crippen LogP contribution in [0.3, 0.4) is 0 Å². The maximum absolute atomic E-state index is 10.2. The van der Waals surface area contributed by atoms with Crippen molar-refractivity contribution in [2.45, 2.75) is 19.4 Å². The van der Waals surface area contributed by atoms with Crippen molar-refractivity contribution >= 4 is 44.2 Å². The second-order valence-electron chi connectivity index (χ2n) is 7.36. The molecule has 0 radical (unpaired) electrons. The van der Waals surface area contributed by atoms with Crippen LogP contribution in [0.2, 0.25) is 5.02 Å². The number of hydrogen-bond acceptors (Lipinski definition) is 1. The fourth-order valence-corrected chi connectivity index (χ4v) is 4.58. The highest BCUT2D eigenvalue weighted by molar-refractivity contribution is 6.34. The summed E-state index contributed by atoms with van der Waals surface area (Å²) in [5.74, 6) is 0.279. The summed E-state index contributed by atoms with van der Waals surface area (Å²) in [5, 5.41) is 15.4. The van der Waals surface area contributed by atoms with Crippen molar-refractivity contribution in [2.75, 3.05) is 0 Å². The van der Waals surface area contributed by atoms with Crippen LogP contribution in [0.4, 0.5) is 0 Å². The van der Waals surface area contributed by atoms with E-state index in [9.17, 15) is 5.11 Å². The number of aryl methyl sites for hydroxylation is 1. The molecule has 4 heteroatoms. The van der Waals surface area contributed by atoms with Gasteiger partial charge >= 0.3 is 0 Å². The van der Waals surface area contributed by atoms with Gasteiger partial charge in [-0.05, 0) is 48.7 Å². The lowest BCUT2D eigenvalue weighted by molar-refractivity contribution is 0.476. The molecule has 0 saturated carbocycles. The highest BCUT2D eigenvalue weighted by atomic mass is 35.5. The Balaban J connectivity index is 1.91. The molecule has 0 aliphatic heterocycles. The molecule has 0 fully saturated rings. The summed E-state index contributed by atoms with van der Waals surface area (Å²) in [7, 11) is 0. The minimum atomic E-state index is 0.279. The number of allylic oxidation sites excluding steroid dienone is 1. The van der Waals surface area contributed by atoms with Crippen molar-refractivity contribution < 1.29 is 5.11 Å². The average molecular weight is 401 g/mol. The minimum absolute atomic E-state index is 0.279. The van der Waals surface area contributed by atoms with Crippen LogP contribution in [0.15, 0.2) is 73.6 Å². The van der Waals surface area contributed by atoms with Gasteiger partial charge in [-0.2, -0.15) is 0 Å². The number of hydrogen-bond donors (Lipinski definition) is 2. The number of aromatic amines is 1. The van der Waals surface area contributed by atoms with Crippen molar-refractivity contribution in [3.63, 3.8) is 0 Å². The zero-order valence-corrected chi connectivity index (χ0v) is 16.7. The molecule has 0 unspecified atom stereocenters. The van der Waals surface area contributed by atoms with E-state index in [4.69, 9.17) is 11.6 Å². The second kappa shape index (κ2) is 7.02. The summed E-state index contributed by atoms with van der Waals surface area (Å²) < 4.78 is 2.35. The third kappa shape index (κ3) is 2.81. The van der Waals surface area contributed by atoms with E-state index >= 15 is 0 Å². The first-order valence-corrected chi connectivity index (χ1v) is 10.2. The van der Waals surface area contributed by atoms with Gasteiger partial charge in [0.25, 0.3) is 0 Å². The van der Waals surface area contributed by atoms with Gasteiger partial charge in [0.1, 0.15) is 5.75 Å². The maximum atomic E-state index is 10.2. The zero-order valence-electron chi connectivity index (χ0n) is 16.0. The van der Waals surface area contributed by atoms with Gasteiger partial charge in [0, 0.05) is 56.6 Å². The molecule has 3 nitrogen and oxygen atoms in total. The fourth-order valence-electron chi connectivity index (χ4n) is 4.34. The number of phenols is 1. The number of unbranched alkanes of at least 4 members (excludes halogenated alkanes) is 1. The predicted molar refractivity (Wildman–Crippen MR) is 123 cm³/mol.